The minimum atomic E-state index is -3.90. The number of carbonyl (C=O) groups excluding carboxylic acids is 1. The number of carbonyl (C=O) groups is 1. The summed E-state index contributed by atoms with van der Waals surface area (Å²) in [6.07, 6.45) is 0.914. The van der Waals surface area contributed by atoms with Gasteiger partial charge < -0.3 is 4.57 Å². The molecule has 11 heteroatoms. The van der Waals surface area contributed by atoms with E-state index in [1.54, 1.807) is 0 Å². The molecule has 3 aromatic rings. The first-order valence-electron chi connectivity index (χ1n) is 10.5. The molecule has 34 heavy (non-hydrogen) atoms. The van der Waals surface area contributed by atoms with Gasteiger partial charge in [0.25, 0.3) is 5.91 Å². The number of halogens is 1. The van der Waals surface area contributed by atoms with E-state index in [2.05, 4.69) is 27.8 Å². The average Bonchev–Trinajstić information content (AvgIpc) is 3.15. The largest absolute Gasteiger partial charge is 0.316 e. The molecule has 0 aliphatic carbocycles. The fraction of sp³-hybridized carbons (Fsp3) is 0.304. The average molecular weight is 560 g/mol. The summed E-state index contributed by atoms with van der Waals surface area (Å²) in [6, 6.07) is 15.3. The van der Waals surface area contributed by atoms with Crippen LogP contribution in [0.2, 0.25) is 0 Å². The Hall–Kier alpha value is -2.83. The van der Waals surface area contributed by atoms with Crippen molar-refractivity contribution in [3.8, 4) is 12.1 Å². The Balaban J connectivity index is 1.92. The van der Waals surface area contributed by atoms with Crippen molar-refractivity contribution in [1.29, 1.82) is 10.5 Å². The standard InChI is InChI=1S/C23H22BrN5O3S2/c1-2-13-29-20-10-7-18(24)16-21(20)33-23(29)27-22(30)17-5-8-19(9-6-17)34(31,32)28(14-3-11-25)15-4-12-26/h5-10,16H,2-4,13-15H2,1H3. The normalized spacial score (nSPS) is 12.1. The number of benzene rings is 2. The Bertz CT molecular complexity index is 1430. The lowest BCUT2D eigenvalue weighted by molar-refractivity contribution is 0.0997. The molecule has 1 amide bonds. The molecule has 0 radical (unpaired) electrons. The highest BCUT2D eigenvalue weighted by Gasteiger charge is 2.24. The molecule has 2 aromatic carbocycles. The van der Waals surface area contributed by atoms with Gasteiger partial charge in [-0.05, 0) is 48.9 Å². The quantitative estimate of drug-likeness (QED) is 0.384. The van der Waals surface area contributed by atoms with Gasteiger partial charge in [-0.2, -0.15) is 19.8 Å². The maximum Gasteiger partial charge on any atom is 0.279 e. The third-order valence-electron chi connectivity index (χ3n) is 4.97. The van der Waals surface area contributed by atoms with E-state index in [4.69, 9.17) is 10.5 Å². The molecular formula is C23H22BrN5O3S2. The van der Waals surface area contributed by atoms with Gasteiger partial charge in [0.1, 0.15) is 0 Å². The molecule has 0 bridgehead atoms. The summed E-state index contributed by atoms with van der Waals surface area (Å²) in [7, 11) is -3.90. The van der Waals surface area contributed by atoms with Gasteiger partial charge in [-0.1, -0.05) is 34.2 Å². The zero-order valence-electron chi connectivity index (χ0n) is 18.4. The number of aromatic nitrogens is 1. The number of hydrogen-bond donors (Lipinski definition) is 0. The summed E-state index contributed by atoms with van der Waals surface area (Å²) < 4.78 is 31.0. The topological polar surface area (TPSA) is 119 Å². The fourth-order valence-electron chi connectivity index (χ4n) is 3.34. The lowest BCUT2D eigenvalue weighted by Gasteiger charge is -2.20. The minimum absolute atomic E-state index is 0.00396. The van der Waals surface area contributed by atoms with Crippen LogP contribution in [0.25, 0.3) is 10.2 Å². The summed E-state index contributed by atoms with van der Waals surface area (Å²) in [4.78, 5) is 17.8. The van der Waals surface area contributed by atoms with E-state index >= 15 is 0 Å². The minimum Gasteiger partial charge on any atom is -0.316 e. The van der Waals surface area contributed by atoms with E-state index < -0.39 is 15.9 Å². The lowest BCUT2D eigenvalue weighted by atomic mass is 10.2. The summed E-state index contributed by atoms with van der Waals surface area (Å²) >= 11 is 4.89. The third-order valence-corrected chi connectivity index (χ3v) is 8.42. The second-order valence-corrected chi connectivity index (χ2v) is 11.2. The molecule has 0 N–H and O–H groups in total. The zero-order chi connectivity index (χ0) is 24.7. The van der Waals surface area contributed by atoms with Crippen molar-refractivity contribution in [2.24, 2.45) is 4.99 Å². The highest BCUT2D eigenvalue weighted by Crippen LogP contribution is 2.23. The van der Waals surface area contributed by atoms with Crippen molar-refractivity contribution in [2.45, 2.75) is 37.6 Å². The van der Waals surface area contributed by atoms with Gasteiger partial charge >= 0.3 is 0 Å². The summed E-state index contributed by atoms with van der Waals surface area (Å²) in [5.41, 5.74) is 1.26. The molecular weight excluding hydrogens is 538 g/mol. The predicted molar refractivity (Wildman–Crippen MR) is 133 cm³/mol. The SMILES string of the molecule is CCCn1c(=NC(=O)c2ccc(S(=O)(=O)N(CCC#N)CCC#N)cc2)sc2cc(Br)ccc21. The van der Waals surface area contributed by atoms with Crippen molar-refractivity contribution in [3.05, 3.63) is 57.3 Å². The third kappa shape index (κ3) is 5.80. The second-order valence-electron chi connectivity index (χ2n) is 7.31. The number of nitrogens with zero attached hydrogens (tertiary/aromatic N) is 5. The van der Waals surface area contributed by atoms with Crippen LogP contribution in [0.5, 0.6) is 0 Å². The number of fused-ring (bicyclic) bond motifs is 1. The van der Waals surface area contributed by atoms with Crippen LogP contribution in [-0.4, -0.2) is 36.3 Å². The molecule has 1 heterocycles. The van der Waals surface area contributed by atoms with Gasteiger partial charge in [-0.15, -0.1) is 0 Å². The second kappa shape index (κ2) is 11.5. The molecule has 0 aliphatic heterocycles. The maximum atomic E-state index is 13.0. The number of aryl methyl sites for hydroxylation is 1. The monoisotopic (exact) mass is 559 g/mol. The van der Waals surface area contributed by atoms with E-state index in [1.165, 1.54) is 35.6 Å². The van der Waals surface area contributed by atoms with Gasteiger partial charge in [0.05, 0.1) is 27.3 Å². The van der Waals surface area contributed by atoms with Crippen LogP contribution in [0.15, 0.2) is 56.8 Å². The van der Waals surface area contributed by atoms with E-state index in [-0.39, 0.29) is 36.4 Å². The zero-order valence-corrected chi connectivity index (χ0v) is 21.7. The Kier molecular flexibility index (Phi) is 8.75. The van der Waals surface area contributed by atoms with Crippen LogP contribution in [-0.2, 0) is 16.6 Å². The fourth-order valence-corrected chi connectivity index (χ4v) is 6.39. The van der Waals surface area contributed by atoms with Crippen molar-refractivity contribution in [2.75, 3.05) is 13.1 Å². The smallest absolute Gasteiger partial charge is 0.279 e. The van der Waals surface area contributed by atoms with Gasteiger partial charge in [0.2, 0.25) is 10.0 Å². The Morgan fingerprint density at radius 2 is 1.76 bits per heavy atom. The molecule has 0 unspecified atom stereocenters. The van der Waals surface area contributed by atoms with E-state index in [0.29, 0.717) is 11.3 Å². The molecule has 0 spiro atoms. The van der Waals surface area contributed by atoms with Crippen LogP contribution < -0.4 is 4.80 Å². The Labute approximate surface area is 210 Å². The summed E-state index contributed by atoms with van der Waals surface area (Å²) in [6.45, 7) is 2.76. The molecule has 0 saturated carbocycles. The Morgan fingerprint density at radius 3 is 2.35 bits per heavy atom. The summed E-state index contributed by atoms with van der Waals surface area (Å²) in [5.74, 6) is -0.467. The molecule has 0 aliphatic rings. The van der Waals surface area contributed by atoms with E-state index in [1.807, 2.05) is 34.9 Å². The molecule has 0 fully saturated rings. The first kappa shape index (κ1) is 25.8. The number of rotatable bonds is 9. The van der Waals surface area contributed by atoms with Crippen LogP contribution in [0.3, 0.4) is 0 Å². The van der Waals surface area contributed by atoms with Gasteiger partial charge in [0, 0.05) is 42.5 Å². The highest BCUT2D eigenvalue weighted by molar-refractivity contribution is 9.10. The lowest BCUT2D eigenvalue weighted by Crippen LogP contribution is -2.32. The first-order valence-corrected chi connectivity index (χ1v) is 13.6. The molecule has 8 nitrogen and oxygen atoms in total. The Morgan fingerprint density at radius 1 is 1.12 bits per heavy atom. The van der Waals surface area contributed by atoms with E-state index in [0.717, 1.165) is 25.4 Å². The van der Waals surface area contributed by atoms with Crippen molar-refractivity contribution >= 4 is 53.4 Å². The number of thiazole rings is 1. The number of hydrogen-bond acceptors (Lipinski definition) is 6. The van der Waals surface area contributed by atoms with Crippen LogP contribution in [0.4, 0.5) is 0 Å². The molecule has 3 rings (SSSR count). The van der Waals surface area contributed by atoms with Gasteiger partial charge in [-0.25, -0.2) is 8.42 Å². The molecule has 1 aromatic heterocycles. The summed E-state index contributed by atoms with van der Waals surface area (Å²) in [5, 5.41) is 17.6. The van der Waals surface area contributed by atoms with Crippen molar-refractivity contribution in [3.63, 3.8) is 0 Å². The number of sulfonamides is 1. The van der Waals surface area contributed by atoms with Crippen molar-refractivity contribution in [1.82, 2.24) is 8.87 Å². The highest BCUT2D eigenvalue weighted by atomic mass is 79.9. The van der Waals surface area contributed by atoms with Gasteiger partial charge in [0.15, 0.2) is 4.80 Å². The predicted octanol–water partition coefficient (Wildman–Crippen LogP) is 4.43. The van der Waals surface area contributed by atoms with Gasteiger partial charge in [-0.3, -0.25) is 4.79 Å². The van der Waals surface area contributed by atoms with E-state index in [9.17, 15) is 13.2 Å². The first-order chi connectivity index (χ1) is 16.3. The number of amides is 1. The molecule has 0 atom stereocenters. The maximum absolute atomic E-state index is 13.0. The number of nitriles is 2. The van der Waals surface area contributed by atoms with Crippen LogP contribution >= 0.6 is 27.3 Å². The van der Waals surface area contributed by atoms with Crippen LogP contribution in [0, 0.1) is 22.7 Å². The van der Waals surface area contributed by atoms with Crippen molar-refractivity contribution < 1.29 is 13.2 Å². The molecule has 176 valence electrons. The van der Waals surface area contributed by atoms with Crippen LogP contribution in [0.1, 0.15) is 36.5 Å². The molecule has 0 saturated heterocycles.